The maximum absolute atomic E-state index is 12.4. The lowest BCUT2D eigenvalue weighted by atomic mass is 9.48. The fourth-order valence-corrected chi connectivity index (χ4v) is 7.60. The zero-order valence-corrected chi connectivity index (χ0v) is 18.9. The Morgan fingerprint density at radius 1 is 1.03 bits per heavy atom. The van der Waals surface area contributed by atoms with Crippen LogP contribution in [0.5, 0.6) is 5.75 Å². The van der Waals surface area contributed by atoms with Gasteiger partial charge in [-0.3, -0.25) is 0 Å². The molecule has 3 nitrogen and oxygen atoms in total. The van der Waals surface area contributed by atoms with Gasteiger partial charge in [0.1, 0.15) is 5.75 Å². The molecule has 2 N–H and O–H groups in total. The van der Waals surface area contributed by atoms with Gasteiger partial charge in [-0.1, -0.05) is 43.7 Å². The first-order valence-corrected chi connectivity index (χ1v) is 12.0. The molecule has 0 spiro atoms. The molecule has 5 heteroatoms. The molecule has 4 aliphatic carbocycles. The second-order valence-electron chi connectivity index (χ2n) is 11.0. The number of hydrogen-bond donors (Lipinski definition) is 2. The molecule has 0 unspecified atom stereocenters. The predicted molar refractivity (Wildman–Crippen MR) is 120 cm³/mol. The van der Waals surface area contributed by atoms with E-state index in [4.69, 9.17) is 0 Å². The van der Waals surface area contributed by atoms with Gasteiger partial charge >= 0.3 is 6.61 Å². The average molecular weight is 445 g/mol. The highest BCUT2D eigenvalue weighted by atomic mass is 19.3. The summed E-state index contributed by atoms with van der Waals surface area (Å²) < 4.78 is 29.3. The molecule has 5 rings (SSSR count). The van der Waals surface area contributed by atoms with Gasteiger partial charge in [0.05, 0.1) is 12.2 Å². The number of alkyl halides is 2. The molecule has 0 amide bonds. The van der Waals surface area contributed by atoms with Crippen molar-refractivity contribution in [3.8, 4) is 5.75 Å². The van der Waals surface area contributed by atoms with Crippen molar-refractivity contribution in [1.29, 1.82) is 0 Å². The largest absolute Gasteiger partial charge is 0.435 e. The molecule has 174 valence electrons. The fraction of sp³-hybridized carbons (Fsp3) is 0.630. The van der Waals surface area contributed by atoms with Crippen LogP contribution in [0.15, 0.2) is 41.5 Å². The van der Waals surface area contributed by atoms with Gasteiger partial charge in [0.25, 0.3) is 0 Å². The molecule has 0 heterocycles. The van der Waals surface area contributed by atoms with Crippen molar-refractivity contribution >= 4 is 6.08 Å². The molecular weight excluding hydrogens is 410 g/mol. The smallest absolute Gasteiger partial charge is 0.387 e. The normalized spacial score (nSPS) is 42.3. The summed E-state index contributed by atoms with van der Waals surface area (Å²) in [7, 11) is 0. The molecule has 0 saturated heterocycles. The van der Waals surface area contributed by atoms with Crippen LogP contribution in [0, 0.1) is 28.6 Å². The Kier molecular flexibility index (Phi) is 5.49. The standard InChI is InChI=1S/C27H34F2O3/c1-26-11-9-19(30)15-18(26)5-8-21-22(26)10-12-27(2)23(21)14-17(24(27)31)13-16-3-6-20(7-4-16)32-25(28)29/h3-7,13,19,21-25,30-31H,8-12,14-15H2,1-2H3/b17-13-/t19-,21-,22+,23+,24+,26-,27-/m0/s1. The second kappa shape index (κ2) is 7.95. The second-order valence-corrected chi connectivity index (χ2v) is 11.0. The van der Waals surface area contributed by atoms with Crippen LogP contribution in [0.3, 0.4) is 0 Å². The van der Waals surface area contributed by atoms with E-state index in [1.165, 1.54) is 5.57 Å². The molecule has 0 radical (unpaired) electrons. The first-order chi connectivity index (χ1) is 15.2. The quantitative estimate of drug-likeness (QED) is 0.565. The van der Waals surface area contributed by atoms with E-state index < -0.39 is 12.7 Å². The van der Waals surface area contributed by atoms with E-state index in [2.05, 4.69) is 24.7 Å². The van der Waals surface area contributed by atoms with Crippen molar-refractivity contribution < 1.29 is 23.7 Å². The van der Waals surface area contributed by atoms with E-state index >= 15 is 0 Å². The summed E-state index contributed by atoms with van der Waals surface area (Å²) in [6, 6.07) is 6.65. The number of aliphatic hydroxyl groups excluding tert-OH is 2. The Morgan fingerprint density at radius 2 is 1.78 bits per heavy atom. The molecule has 3 fully saturated rings. The van der Waals surface area contributed by atoms with Crippen LogP contribution < -0.4 is 4.74 Å². The summed E-state index contributed by atoms with van der Waals surface area (Å²) in [6.07, 6.45) is 10.6. The van der Waals surface area contributed by atoms with E-state index in [1.807, 2.05) is 6.08 Å². The highest BCUT2D eigenvalue weighted by Crippen LogP contribution is 2.65. The first kappa shape index (κ1) is 22.1. The summed E-state index contributed by atoms with van der Waals surface area (Å²) in [5.41, 5.74) is 3.47. The molecule has 32 heavy (non-hydrogen) atoms. The van der Waals surface area contributed by atoms with Crippen LogP contribution in [0.25, 0.3) is 6.08 Å². The van der Waals surface area contributed by atoms with E-state index in [0.717, 1.165) is 56.1 Å². The summed E-state index contributed by atoms with van der Waals surface area (Å²) >= 11 is 0. The number of aliphatic hydroxyl groups is 2. The van der Waals surface area contributed by atoms with E-state index in [9.17, 15) is 19.0 Å². The minimum atomic E-state index is -2.83. The summed E-state index contributed by atoms with van der Waals surface area (Å²) in [5.74, 6) is 1.75. The van der Waals surface area contributed by atoms with Crippen LogP contribution >= 0.6 is 0 Å². The topological polar surface area (TPSA) is 49.7 Å². The molecule has 1 aromatic carbocycles. The van der Waals surface area contributed by atoms with Crippen LogP contribution in [-0.2, 0) is 0 Å². The van der Waals surface area contributed by atoms with Crippen LogP contribution in [-0.4, -0.2) is 29.0 Å². The third-order valence-electron chi connectivity index (χ3n) is 9.40. The van der Waals surface area contributed by atoms with Crippen molar-refractivity contribution in [2.45, 2.75) is 77.6 Å². The number of ether oxygens (including phenoxy) is 1. The van der Waals surface area contributed by atoms with Crippen molar-refractivity contribution in [2.75, 3.05) is 0 Å². The molecule has 4 aliphatic rings. The van der Waals surface area contributed by atoms with Crippen molar-refractivity contribution in [3.63, 3.8) is 0 Å². The van der Waals surface area contributed by atoms with Crippen molar-refractivity contribution in [2.24, 2.45) is 28.6 Å². The molecule has 0 bridgehead atoms. The lowest BCUT2D eigenvalue weighted by Crippen LogP contribution is -2.51. The number of hydrogen-bond acceptors (Lipinski definition) is 3. The molecule has 0 aliphatic heterocycles. The van der Waals surface area contributed by atoms with Gasteiger partial charge < -0.3 is 14.9 Å². The number of halogens is 2. The van der Waals surface area contributed by atoms with Crippen molar-refractivity contribution in [1.82, 2.24) is 0 Å². The molecule has 3 saturated carbocycles. The number of allylic oxidation sites excluding steroid dienone is 1. The Hall–Kier alpha value is -1.72. The van der Waals surface area contributed by atoms with E-state index in [1.54, 1.807) is 24.3 Å². The van der Waals surface area contributed by atoms with Crippen LogP contribution in [0.4, 0.5) is 8.78 Å². The minimum absolute atomic E-state index is 0.123. The lowest BCUT2D eigenvalue weighted by molar-refractivity contribution is -0.0685. The monoisotopic (exact) mass is 444 g/mol. The van der Waals surface area contributed by atoms with E-state index in [-0.39, 0.29) is 22.7 Å². The van der Waals surface area contributed by atoms with Crippen LogP contribution in [0.1, 0.15) is 64.4 Å². The van der Waals surface area contributed by atoms with Gasteiger partial charge in [-0.25, -0.2) is 0 Å². The Balaban J connectivity index is 1.40. The zero-order valence-electron chi connectivity index (χ0n) is 18.9. The fourth-order valence-electron chi connectivity index (χ4n) is 7.60. The van der Waals surface area contributed by atoms with Gasteiger partial charge in [0.2, 0.25) is 0 Å². The lowest BCUT2D eigenvalue weighted by Gasteiger charge is -2.57. The minimum Gasteiger partial charge on any atom is -0.435 e. The molecular formula is C27H34F2O3. The average Bonchev–Trinajstić information content (AvgIpc) is 3.00. The predicted octanol–water partition coefficient (Wildman–Crippen LogP) is 5.97. The highest BCUT2D eigenvalue weighted by molar-refractivity contribution is 5.56. The number of benzene rings is 1. The Morgan fingerprint density at radius 3 is 2.50 bits per heavy atom. The van der Waals surface area contributed by atoms with Gasteiger partial charge in [-0.2, -0.15) is 8.78 Å². The van der Waals surface area contributed by atoms with Gasteiger partial charge in [-0.05, 0) is 91.4 Å². The highest BCUT2D eigenvalue weighted by Gasteiger charge is 2.59. The SMILES string of the molecule is C[C@]12CC[C@@H]3[C@H](CC=C4C[C@@H](O)CC[C@@]43C)[C@H]1C/C(=C/c1ccc(OC(F)F)cc1)[C@H]2O. The van der Waals surface area contributed by atoms with Crippen LogP contribution in [0.2, 0.25) is 0 Å². The van der Waals surface area contributed by atoms with E-state index in [0.29, 0.717) is 17.8 Å². The summed E-state index contributed by atoms with van der Waals surface area (Å²) in [4.78, 5) is 0. The maximum Gasteiger partial charge on any atom is 0.387 e. The first-order valence-electron chi connectivity index (χ1n) is 12.0. The Labute approximate surface area is 189 Å². The summed E-state index contributed by atoms with van der Waals surface area (Å²) in [6.45, 7) is 1.84. The Bertz CT molecular complexity index is 923. The number of fused-ring (bicyclic) bond motifs is 5. The maximum atomic E-state index is 12.4. The molecule has 0 aromatic heterocycles. The molecule has 7 atom stereocenters. The third-order valence-corrected chi connectivity index (χ3v) is 9.40. The summed E-state index contributed by atoms with van der Waals surface area (Å²) in [5, 5.41) is 21.6. The van der Waals surface area contributed by atoms with Gasteiger partial charge in [-0.15, -0.1) is 0 Å². The van der Waals surface area contributed by atoms with Gasteiger partial charge in [0, 0.05) is 5.41 Å². The molecule has 1 aromatic rings. The van der Waals surface area contributed by atoms with Crippen molar-refractivity contribution in [3.05, 3.63) is 47.1 Å². The van der Waals surface area contributed by atoms with Gasteiger partial charge in [0.15, 0.2) is 0 Å². The zero-order chi connectivity index (χ0) is 22.7. The third kappa shape index (κ3) is 3.52. The number of rotatable bonds is 3.